The van der Waals surface area contributed by atoms with Gasteiger partial charge in [-0.15, -0.1) is 0 Å². The number of aromatic nitrogens is 2. The molecular formula is C12H22N2O. The molecule has 0 spiro atoms. The van der Waals surface area contributed by atoms with E-state index >= 15 is 0 Å². The third kappa shape index (κ3) is 5.57. The highest BCUT2D eigenvalue weighted by Gasteiger charge is 2.00. The van der Waals surface area contributed by atoms with Gasteiger partial charge in [-0.05, 0) is 18.8 Å². The molecule has 1 unspecified atom stereocenters. The molecular weight excluding hydrogens is 188 g/mol. The zero-order valence-corrected chi connectivity index (χ0v) is 9.60. The van der Waals surface area contributed by atoms with Gasteiger partial charge in [-0.2, -0.15) is 0 Å². The van der Waals surface area contributed by atoms with Crippen LogP contribution in [0.1, 0.15) is 39.0 Å². The molecule has 1 N–H and O–H groups in total. The fourth-order valence-electron chi connectivity index (χ4n) is 1.75. The van der Waals surface area contributed by atoms with Crippen molar-refractivity contribution in [2.75, 3.05) is 6.61 Å². The van der Waals surface area contributed by atoms with E-state index in [4.69, 9.17) is 5.11 Å². The van der Waals surface area contributed by atoms with Crippen molar-refractivity contribution >= 4 is 0 Å². The molecule has 0 saturated heterocycles. The van der Waals surface area contributed by atoms with Gasteiger partial charge in [0.2, 0.25) is 0 Å². The second-order valence-corrected chi connectivity index (χ2v) is 4.27. The van der Waals surface area contributed by atoms with Gasteiger partial charge in [0.05, 0.1) is 6.33 Å². The third-order valence-electron chi connectivity index (χ3n) is 2.79. The quantitative estimate of drug-likeness (QED) is 0.669. The summed E-state index contributed by atoms with van der Waals surface area (Å²) in [4.78, 5) is 4.01. The fourth-order valence-corrected chi connectivity index (χ4v) is 1.75. The largest absolute Gasteiger partial charge is 0.396 e. The Kier molecular flexibility index (Phi) is 6.09. The lowest BCUT2D eigenvalue weighted by atomic mass is 10.0. The average Bonchev–Trinajstić information content (AvgIpc) is 2.70. The Balaban J connectivity index is 1.93. The van der Waals surface area contributed by atoms with Crippen molar-refractivity contribution in [3.05, 3.63) is 18.7 Å². The number of aryl methyl sites for hydroxylation is 1. The SMILES string of the molecule is CC(CCO)CCCCCn1ccnc1. The van der Waals surface area contributed by atoms with Crippen LogP contribution < -0.4 is 0 Å². The second-order valence-electron chi connectivity index (χ2n) is 4.27. The molecule has 0 aliphatic heterocycles. The van der Waals surface area contributed by atoms with Crippen molar-refractivity contribution in [2.45, 2.75) is 45.6 Å². The predicted molar refractivity (Wildman–Crippen MR) is 61.6 cm³/mol. The molecule has 0 fully saturated rings. The molecule has 0 bridgehead atoms. The van der Waals surface area contributed by atoms with Gasteiger partial charge in [0, 0.05) is 25.5 Å². The maximum atomic E-state index is 8.75. The van der Waals surface area contributed by atoms with E-state index in [1.807, 2.05) is 18.7 Å². The Morgan fingerprint density at radius 1 is 1.27 bits per heavy atom. The van der Waals surface area contributed by atoms with E-state index in [-0.39, 0.29) is 0 Å². The van der Waals surface area contributed by atoms with Gasteiger partial charge in [0.15, 0.2) is 0 Å². The first kappa shape index (κ1) is 12.2. The number of aliphatic hydroxyl groups is 1. The molecule has 0 aliphatic rings. The van der Waals surface area contributed by atoms with Crippen molar-refractivity contribution in [1.29, 1.82) is 0 Å². The van der Waals surface area contributed by atoms with Gasteiger partial charge in [-0.3, -0.25) is 0 Å². The van der Waals surface area contributed by atoms with Crippen molar-refractivity contribution < 1.29 is 5.11 Å². The van der Waals surface area contributed by atoms with Crippen molar-refractivity contribution in [3.63, 3.8) is 0 Å². The number of aliphatic hydroxyl groups excluding tert-OH is 1. The maximum Gasteiger partial charge on any atom is 0.0945 e. The lowest BCUT2D eigenvalue weighted by Gasteiger charge is -2.08. The van der Waals surface area contributed by atoms with E-state index in [1.54, 1.807) is 0 Å². The zero-order chi connectivity index (χ0) is 10.9. The van der Waals surface area contributed by atoms with E-state index in [2.05, 4.69) is 16.5 Å². The van der Waals surface area contributed by atoms with E-state index in [1.165, 1.54) is 25.7 Å². The summed E-state index contributed by atoms with van der Waals surface area (Å²) in [6.07, 6.45) is 11.7. The number of hydrogen-bond acceptors (Lipinski definition) is 2. The molecule has 1 aromatic heterocycles. The van der Waals surface area contributed by atoms with Crippen LogP contribution in [0.15, 0.2) is 18.7 Å². The van der Waals surface area contributed by atoms with Crippen LogP contribution in [0.4, 0.5) is 0 Å². The summed E-state index contributed by atoms with van der Waals surface area (Å²) in [5.41, 5.74) is 0. The minimum absolute atomic E-state index is 0.330. The van der Waals surface area contributed by atoms with Crippen LogP contribution in [0.2, 0.25) is 0 Å². The van der Waals surface area contributed by atoms with Gasteiger partial charge in [0.1, 0.15) is 0 Å². The smallest absolute Gasteiger partial charge is 0.0945 e. The van der Waals surface area contributed by atoms with Crippen LogP contribution in [0.25, 0.3) is 0 Å². The Labute approximate surface area is 92.1 Å². The van der Waals surface area contributed by atoms with Gasteiger partial charge in [0.25, 0.3) is 0 Å². The van der Waals surface area contributed by atoms with Crippen LogP contribution in [0, 0.1) is 5.92 Å². The number of unbranched alkanes of at least 4 members (excludes halogenated alkanes) is 2. The van der Waals surface area contributed by atoms with E-state index in [0.717, 1.165) is 13.0 Å². The first-order chi connectivity index (χ1) is 7.33. The molecule has 0 radical (unpaired) electrons. The first-order valence-electron chi connectivity index (χ1n) is 5.89. The number of hydrogen-bond donors (Lipinski definition) is 1. The van der Waals surface area contributed by atoms with Crippen molar-refractivity contribution in [3.8, 4) is 0 Å². The fraction of sp³-hybridized carbons (Fsp3) is 0.750. The molecule has 1 aromatic rings. The van der Waals surface area contributed by atoms with Gasteiger partial charge in [-0.1, -0.05) is 26.2 Å². The monoisotopic (exact) mass is 210 g/mol. The predicted octanol–water partition coefficient (Wildman–Crippen LogP) is 2.46. The molecule has 3 heteroatoms. The topological polar surface area (TPSA) is 38.0 Å². The molecule has 0 aliphatic carbocycles. The lowest BCUT2D eigenvalue weighted by molar-refractivity contribution is 0.256. The van der Waals surface area contributed by atoms with Crippen molar-refractivity contribution in [1.82, 2.24) is 9.55 Å². The Morgan fingerprint density at radius 3 is 2.80 bits per heavy atom. The molecule has 0 amide bonds. The minimum Gasteiger partial charge on any atom is -0.396 e. The van der Waals surface area contributed by atoms with Crippen LogP contribution >= 0.6 is 0 Å². The first-order valence-corrected chi connectivity index (χ1v) is 5.89. The molecule has 15 heavy (non-hydrogen) atoms. The molecule has 86 valence electrons. The normalized spacial score (nSPS) is 12.9. The Bertz CT molecular complexity index is 234. The molecule has 3 nitrogen and oxygen atoms in total. The molecule has 1 rings (SSSR count). The second kappa shape index (κ2) is 7.46. The Morgan fingerprint density at radius 2 is 2.13 bits per heavy atom. The van der Waals surface area contributed by atoms with Crippen LogP contribution in [-0.2, 0) is 6.54 Å². The summed E-state index contributed by atoms with van der Waals surface area (Å²) in [6.45, 7) is 3.62. The van der Waals surface area contributed by atoms with Crippen LogP contribution in [-0.4, -0.2) is 21.3 Å². The zero-order valence-electron chi connectivity index (χ0n) is 9.60. The highest BCUT2D eigenvalue weighted by molar-refractivity contribution is 4.73. The number of nitrogens with zero attached hydrogens (tertiary/aromatic N) is 2. The summed E-state index contributed by atoms with van der Waals surface area (Å²) >= 11 is 0. The van der Waals surface area contributed by atoms with Crippen LogP contribution in [0.5, 0.6) is 0 Å². The molecule has 1 atom stereocenters. The third-order valence-corrected chi connectivity index (χ3v) is 2.79. The summed E-state index contributed by atoms with van der Waals surface area (Å²) in [7, 11) is 0. The minimum atomic E-state index is 0.330. The number of rotatable bonds is 8. The van der Waals surface area contributed by atoms with E-state index < -0.39 is 0 Å². The Hall–Kier alpha value is -0.830. The van der Waals surface area contributed by atoms with E-state index in [0.29, 0.717) is 12.5 Å². The summed E-state index contributed by atoms with van der Waals surface area (Å²) in [5.74, 6) is 0.670. The molecule has 0 aromatic carbocycles. The molecule has 1 heterocycles. The van der Waals surface area contributed by atoms with Gasteiger partial charge in [-0.25, -0.2) is 4.98 Å². The average molecular weight is 210 g/mol. The maximum absolute atomic E-state index is 8.75. The van der Waals surface area contributed by atoms with Gasteiger partial charge < -0.3 is 9.67 Å². The lowest BCUT2D eigenvalue weighted by Crippen LogP contribution is -1.99. The standard InChI is InChI=1S/C12H22N2O/c1-12(6-10-15)5-3-2-4-8-14-9-7-13-11-14/h7,9,11-12,15H,2-6,8,10H2,1H3. The van der Waals surface area contributed by atoms with Crippen molar-refractivity contribution in [2.24, 2.45) is 5.92 Å². The highest BCUT2D eigenvalue weighted by atomic mass is 16.3. The summed E-state index contributed by atoms with van der Waals surface area (Å²) in [6, 6.07) is 0. The summed E-state index contributed by atoms with van der Waals surface area (Å²) < 4.78 is 2.12. The number of imidazole rings is 1. The van der Waals surface area contributed by atoms with Crippen LogP contribution in [0.3, 0.4) is 0 Å². The molecule has 0 saturated carbocycles. The summed E-state index contributed by atoms with van der Waals surface area (Å²) in [5, 5.41) is 8.75. The highest BCUT2D eigenvalue weighted by Crippen LogP contribution is 2.12. The van der Waals surface area contributed by atoms with Gasteiger partial charge >= 0.3 is 0 Å². The van der Waals surface area contributed by atoms with E-state index in [9.17, 15) is 0 Å².